The summed E-state index contributed by atoms with van der Waals surface area (Å²) < 4.78 is 16.8. The second kappa shape index (κ2) is 9.24. The molecule has 3 rings (SSSR count). The summed E-state index contributed by atoms with van der Waals surface area (Å²) in [5.74, 6) is 2.75. The van der Waals surface area contributed by atoms with Crippen LogP contribution in [0.2, 0.25) is 0 Å². The smallest absolute Gasteiger partial charge is 0.553 e. The van der Waals surface area contributed by atoms with Gasteiger partial charge in [0.05, 0.1) is 21.3 Å². The van der Waals surface area contributed by atoms with Crippen molar-refractivity contribution in [1.82, 2.24) is 0 Å². The molecule has 0 bridgehead atoms. The Hall–Kier alpha value is -2.64. The number of hydrogen-bond donors (Lipinski definition) is 0. The van der Waals surface area contributed by atoms with Crippen LogP contribution >= 0.6 is 7.92 Å². The molecule has 3 nitrogen and oxygen atoms in total. The van der Waals surface area contributed by atoms with E-state index in [1.807, 2.05) is 0 Å². The number of rotatable bonds is 6. The molecule has 0 atom stereocenters. The SMILES string of the molecule is C=C1C=C(P(c2cc(C)c(OC)c(C)c2)c2cc(C)c(OC)c(C)c2)[CH-]C(C)=C1OC.[H+]. The third-order valence-corrected chi connectivity index (χ3v) is 7.94. The lowest BCUT2D eigenvalue weighted by atomic mass is 10.0. The van der Waals surface area contributed by atoms with E-state index < -0.39 is 7.92 Å². The van der Waals surface area contributed by atoms with Crippen LogP contribution in [0.3, 0.4) is 0 Å². The Morgan fingerprint density at radius 2 is 1.16 bits per heavy atom. The first-order valence-corrected chi connectivity index (χ1v) is 11.7. The van der Waals surface area contributed by atoms with E-state index in [9.17, 15) is 0 Å². The Balaban J connectivity index is 0.00000363. The lowest BCUT2D eigenvalue weighted by Crippen LogP contribution is -2.18. The monoisotopic (exact) mass is 436 g/mol. The van der Waals surface area contributed by atoms with Gasteiger partial charge in [0.25, 0.3) is 0 Å². The Morgan fingerprint density at radius 3 is 1.48 bits per heavy atom. The minimum Gasteiger partial charge on any atom is -0.553 e. The highest BCUT2D eigenvalue weighted by Crippen LogP contribution is 2.50. The van der Waals surface area contributed by atoms with Crippen LogP contribution in [0.5, 0.6) is 11.5 Å². The van der Waals surface area contributed by atoms with Crippen LogP contribution in [0.15, 0.2) is 59.1 Å². The summed E-state index contributed by atoms with van der Waals surface area (Å²) in [5.41, 5.74) is 6.59. The highest BCUT2D eigenvalue weighted by atomic mass is 31.1. The molecule has 0 radical (unpaired) electrons. The third-order valence-electron chi connectivity index (χ3n) is 5.61. The predicted octanol–water partition coefficient (Wildman–Crippen LogP) is 6.06. The third kappa shape index (κ3) is 4.38. The maximum absolute atomic E-state index is 5.62. The maximum atomic E-state index is 5.62. The van der Waals surface area contributed by atoms with Gasteiger partial charge in [-0.2, -0.15) is 12.5 Å². The van der Waals surface area contributed by atoms with E-state index in [4.69, 9.17) is 14.2 Å². The Kier molecular flexibility index (Phi) is 6.86. The van der Waals surface area contributed by atoms with Crippen molar-refractivity contribution in [2.75, 3.05) is 21.3 Å². The van der Waals surface area contributed by atoms with Gasteiger partial charge in [-0.3, -0.25) is 0 Å². The number of methoxy groups -OCH3 is 3. The van der Waals surface area contributed by atoms with Crippen molar-refractivity contribution in [3.05, 3.63) is 87.8 Å². The molecule has 2 aromatic rings. The summed E-state index contributed by atoms with van der Waals surface area (Å²) in [4.78, 5) is 0. The molecule has 164 valence electrons. The normalized spacial score (nSPS) is 13.8. The zero-order valence-electron chi connectivity index (χ0n) is 20.8. The van der Waals surface area contributed by atoms with Crippen molar-refractivity contribution in [2.24, 2.45) is 0 Å². The average Bonchev–Trinajstić information content (AvgIpc) is 2.67. The molecule has 0 spiro atoms. The number of ether oxygens (including phenoxy) is 3. The first kappa shape index (κ1) is 23.0. The van der Waals surface area contributed by atoms with Gasteiger partial charge in [0, 0.05) is 5.76 Å². The molecule has 0 saturated heterocycles. The Morgan fingerprint density at radius 1 is 0.742 bits per heavy atom. The molecule has 0 amide bonds. The summed E-state index contributed by atoms with van der Waals surface area (Å²) in [6.07, 6.45) is 4.41. The molecule has 0 unspecified atom stereocenters. The lowest BCUT2D eigenvalue weighted by Gasteiger charge is -2.34. The molecule has 0 N–H and O–H groups in total. The number of benzene rings is 2. The van der Waals surface area contributed by atoms with E-state index in [0.29, 0.717) is 0 Å². The quantitative estimate of drug-likeness (QED) is 0.407. The van der Waals surface area contributed by atoms with E-state index in [1.54, 1.807) is 21.3 Å². The molecule has 31 heavy (non-hydrogen) atoms. The fraction of sp³-hybridized carbons (Fsp3) is 0.296. The molecule has 0 heterocycles. The van der Waals surface area contributed by atoms with Gasteiger partial charge in [-0.15, -0.1) is 23.0 Å². The number of allylic oxidation sites excluding steroid dienone is 3. The van der Waals surface area contributed by atoms with Crippen LogP contribution in [-0.2, 0) is 4.74 Å². The van der Waals surface area contributed by atoms with Gasteiger partial charge in [0.1, 0.15) is 11.5 Å². The Labute approximate surface area is 189 Å². The molecule has 1 aliphatic carbocycles. The first-order valence-electron chi connectivity index (χ1n) is 10.3. The highest BCUT2D eigenvalue weighted by Gasteiger charge is 2.22. The van der Waals surface area contributed by atoms with E-state index in [1.165, 1.54) is 15.9 Å². The van der Waals surface area contributed by atoms with Crippen molar-refractivity contribution in [3.8, 4) is 11.5 Å². The lowest BCUT2D eigenvalue weighted by molar-refractivity contribution is 0.298. The molecule has 0 saturated carbocycles. The first-order chi connectivity index (χ1) is 14.7. The van der Waals surface area contributed by atoms with Crippen molar-refractivity contribution in [1.29, 1.82) is 0 Å². The number of hydrogen-bond acceptors (Lipinski definition) is 3. The van der Waals surface area contributed by atoms with Crippen LogP contribution in [-0.4, -0.2) is 21.3 Å². The van der Waals surface area contributed by atoms with Gasteiger partial charge in [0.2, 0.25) is 0 Å². The van der Waals surface area contributed by atoms with Crippen molar-refractivity contribution in [2.45, 2.75) is 34.6 Å². The highest BCUT2D eigenvalue weighted by molar-refractivity contribution is 7.77. The summed E-state index contributed by atoms with van der Waals surface area (Å²) in [6, 6.07) is 9.03. The van der Waals surface area contributed by atoms with Crippen molar-refractivity contribution < 1.29 is 15.6 Å². The molecular weight excluding hydrogens is 403 g/mol. The van der Waals surface area contributed by atoms with Gasteiger partial charge >= 0.3 is 1.43 Å². The molecular formula is C27H33O3P. The molecule has 4 heteroatoms. The zero-order valence-corrected chi connectivity index (χ0v) is 20.7. The number of aryl methyl sites for hydroxylation is 4. The van der Waals surface area contributed by atoms with Gasteiger partial charge in [-0.05, 0) is 92.7 Å². The predicted molar refractivity (Wildman–Crippen MR) is 133 cm³/mol. The second-order valence-electron chi connectivity index (χ2n) is 8.02. The van der Waals surface area contributed by atoms with E-state index in [2.05, 4.69) is 78.0 Å². The van der Waals surface area contributed by atoms with Crippen molar-refractivity contribution >= 4 is 18.5 Å². The van der Waals surface area contributed by atoms with Gasteiger partial charge in [-0.1, -0.05) is 6.92 Å². The summed E-state index contributed by atoms with van der Waals surface area (Å²) >= 11 is 0. The standard InChI is InChI=1S/C27H32O3P/c1-16-10-22(11-17(2)25(16)28-7)31(23-12-18(3)26(29-8)19(4)13-23)24-14-20(5)27(30-9)21(6)15-24/h10-15H,1H2,2-9H3/q-1/p+1. The fourth-order valence-corrected chi connectivity index (χ4v) is 7.24. The van der Waals surface area contributed by atoms with Crippen LogP contribution in [0.4, 0.5) is 0 Å². The van der Waals surface area contributed by atoms with E-state index >= 15 is 0 Å². The maximum Gasteiger partial charge on any atom is 1.00 e. The van der Waals surface area contributed by atoms with Gasteiger partial charge in [0.15, 0.2) is 0 Å². The zero-order chi connectivity index (χ0) is 22.9. The van der Waals surface area contributed by atoms with E-state index in [0.717, 1.165) is 50.7 Å². The summed E-state index contributed by atoms with van der Waals surface area (Å²) in [6.45, 7) is 14.8. The second-order valence-corrected chi connectivity index (χ2v) is 10.2. The molecule has 1 aliphatic rings. The van der Waals surface area contributed by atoms with Crippen LogP contribution in [0, 0.1) is 34.1 Å². The molecule has 0 aromatic heterocycles. The topological polar surface area (TPSA) is 27.7 Å². The van der Waals surface area contributed by atoms with Gasteiger partial charge < -0.3 is 14.2 Å². The van der Waals surface area contributed by atoms with Crippen LogP contribution in [0.1, 0.15) is 30.6 Å². The minimum absolute atomic E-state index is 0. The Bertz CT molecular complexity index is 993. The molecule has 2 aromatic carbocycles. The fourth-order valence-electron chi connectivity index (χ4n) is 4.45. The molecule has 0 aliphatic heterocycles. The van der Waals surface area contributed by atoms with E-state index in [-0.39, 0.29) is 1.43 Å². The summed E-state index contributed by atoms with van der Waals surface area (Å²) in [5, 5.41) is 3.84. The van der Waals surface area contributed by atoms with Gasteiger partial charge in [-0.25, -0.2) is 0 Å². The summed E-state index contributed by atoms with van der Waals surface area (Å²) in [7, 11) is 4.36. The minimum atomic E-state index is -0.802. The van der Waals surface area contributed by atoms with Crippen LogP contribution in [0.25, 0.3) is 0 Å². The average molecular weight is 437 g/mol. The molecule has 0 fully saturated rings. The van der Waals surface area contributed by atoms with Crippen molar-refractivity contribution in [3.63, 3.8) is 0 Å². The van der Waals surface area contributed by atoms with Crippen LogP contribution < -0.4 is 20.1 Å². The largest absolute Gasteiger partial charge is 1.00 e.